The lowest BCUT2D eigenvalue weighted by atomic mass is 10.2. The van der Waals surface area contributed by atoms with E-state index in [1.165, 1.54) is 10.5 Å². The highest BCUT2D eigenvalue weighted by atomic mass is 79.9. The van der Waals surface area contributed by atoms with Crippen molar-refractivity contribution in [1.29, 1.82) is 0 Å². The van der Waals surface area contributed by atoms with Crippen LogP contribution in [0.4, 0.5) is 0 Å². The van der Waals surface area contributed by atoms with Gasteiger partial charge in [0.25, 0.3) is 0 Å². The van der Waals surface area contributed by atoms with Crippen LogP contribution in [-0.4, -0.2) is 31.3 Å². The van der Waals surface area contributed by atoms with E-state index in [1.807, 2.05) is 0 Å². The Morgan fingerprint density at radius 3 is 2.65 bits per heavy atom. The molecule has 0 bridgehead atoms. The second kappa shape index (κ2) is 6.47. The zero-order chi connectivity index (χ0) is 12.9. The van der Waals surface area contributed by atoms with Crippen LogP contribution in [0.1, 0.15) is 26.2 Å². The van der Waals surface area contributed by atoms with Crippen molar-refractivity contribution in [2.75, 3.05) is 13.6 Å². The molecule has 0 aromatic carbocycles. The van der Waals surface area contributed by atoms with Gasteiger partial charge in [0.05, 0.1) is 0 Å². The molecule has 0 aliphatic heterocycles. The first-order valence-electron chi connectivity index (χ1n) is 5.55. The fourth-order valence-corrected chi connectivity index (χ4v) is 3.13. The number of nitrogens with zero attached hydrogens (tertiary/aromatic N) is 2. The number of pyridine rings is 1. The average Bonchev–Trinajstić information content (AvgIpc) is 2.29. The lowest BCUT2D eigenvalue weighted by molar-refractivity contribution is 0.454. The van der Waals surface area contributed by atoms with Crippen LogP contribution in [0.2, 0.25) is 0 Å². The summed E-state index contributed by atoms with van der Waals surface area (Å²) in [7, 11) is -1.80. The van der Waals surface area contributed by atoms with Crippen LogP contribution in [0.5, 0.6) is 0 Å². The minimum atomic E-state index is -3.40. The third kappa shape index (κ3) is 4.04. The molecule has 0 saturated heterocycles. The van der Waals surface area contributed by atoms with Crippen molar-refractivity contribution in [3.63, 3.8) is 0 Å². The summed E-state index contributed by atoms with van der Waals surface area (Å²) >= 11 is 3.22. The van der Waals surface area contributed by atoms with E-state index in [1.54, 1.807) is 19.3 Å². The molecule has 1 rings (SSSR count). The summed E-state index contributed by atoms with van der Waals surface area (Å²) in [6, 6.07) is 1.57. The summed E-state index contributed by atoms with van der Waals surface area (Å²) in [5, 5.41) is 0. The smallest absolute Gasteiger partial charge is 0.244 e. The van der Waals surface area contributed by atoms with Gasteiger partial charge in [0.15, 0.2) is 0 Å². The van der Waals surface area contributed by atoms with Gasteiger partial charge in [0, 0.05) is 30.5 Å². The van der Waals surface area contributed by atoms with Crippen molar-refractivity contribution >= 4 is 26.0 Å². The summed E-state index contributed by atoms with van der Waals surface area (Å²) in [5.74, 6) is 0. The van der Waals surface area contributed by atoms with Gasteiger partial charge in [-0.1, -0.05) is 19.8 Å². The first-order chi connectivity index (χ1) is 7.98. The summed E-state index contributed by atoms with van der Waals surface area (Å²) in [6.45, 7) is 2.63. The van der Waals surface area contributed by atoms with E-state index in [4.69, 9.17) is 0 Å². The van der Waals surface area contributed by atoms with Crippen molar-refractivity contribution in [2.24, 2.45) is 0 Å². The van der Waals surface area contributed by atoms with Gasteiger partial charge in [0.2, 0.25) is 10.0 Å². The monoisotopic (exact) mass is 320 g/mol. The molecule has 0 fully saturated rings. The van der Waals surface area contributed by atoms with Crippen molar-refractivity contribution in [3.8, 4) is 0 Å². The fourth-order valence-electron chi connectivity index (χ4n) is 1.42. The lowest BCUT2D eigenvalue weighted by Gasteiger charge is -2.16. The molecule has 0 amide bonds. The van der Waals surface area contributed by atoms with Gasteiger partial charge < -0.3 is 0 Å². The Labute approximate surface area is 111 Å². The molecule has 17 heavy (non-hydrogen) atoms. The Balaban J connectivity index is 2.80. The largest absolute Gasteiger partial charge is 0.262 e. The van der Waals surface area contributed by atoms with Crippen LogP contribution in [-0.2, 0) is 10.0 Å². The summed E-state index contributed by atoms with van der Waals surface area (Å²) in [5.41, 5.74) is 0. The van der Waals surface area contributed by atoms with Crippen LogP contribution in [0, 0.1) is 0 Å². The summed E-state index contributed by atoms with van der Waals surface area (Å²) in [4.78, 5) is 4.10. The van der Waals surface area contributed by atoms with E-state index in [2.05, 4.69) is 27.8 Å². The third-order valence-corrected chi connectivity index (χ3v) is 4.72. The van der Waals surface area contributed by atoms with Crippen LogP contribution < -0.4 is 0 Å². The molecule has 96 valence electrons. The molecule has 0 aliphatic carbocycles. The first-order valence-corrected chi connectivity index (χ1v) is 7.78. The quantitative estimate of drug-likeness (QED) is 0.757. The molecular weight excluding hydrogens is 304 g/mol. The molecule has 0 spiro atoms. The molecule has 1 aromatic rings. The second-order valence-corrected chi connectivity index (χ2v) is 6.83. The van der Waals surface area contributed by atoms with E-state index in [-0.39, 0.29) is 4.90 Å². The third-order valence-electron chi connectivity index (χ3n) is 2.46. The second-order valence-electron chi connectivity index (χ2n) is 3.87. The standard InChI is InChI=1S/C11H17BrN2O2S/c1-3-4-5-6-14(2)17(15,16)11-7-10(12)8-13-9-11/h7-9H,3-6H2,1-2H3. The Bertz CT molecular complexity index is 462. The Kier molecular flexibility index (Phi) is 5.55. The topological polar surface area (TPSA) is 50.3 Å². The lowest BCUT2D eigenvalue weighted by Crippen LogP contribution is -2.28. The predicted octanol–water partition coefficient (Wildman–Crippen LogP) is 2.65. The average molecular weight is 321 g/mol. The molecule has 0 radical (unpaired) electrons. The van der Waals surface area contributed by atoms with Gasteiger partial charge in [-0.15, -0.1) is 0 Å². The van der Waals surface area contributed by atoms with E-state index >= 15 is 0 Å². The SMILES string of the molecule is CCCCCN(C)S(=O)(=O)c1cncc(Br)c1. The van der Waals surface area contributed by atoms with Crippen molar-refractivity contribution < 1.29 is 8.42 Å². The van der Waals surface area contributed by atoms with E-state index in [9.17, 15) is 8.42 Å². The van der Waals surface area contributed by atoms with Gasteiger partial charge in [-0.3, -0.25) is 4.98 Å². The van der Waals surface area contributed by atoms with Gasteiger partial charge in [-0.05, 0) is 28.4 Å². The van der Waals surface area contributed by atoms with Crippen molar-refractivity contribution in [3.05, 3.63) is 22.9 Å². The zero-order valence-corrected chi connectivity index (χ0v) is 12.5. The zero-order valence-electron chi connectivity index (χ0n) is 10.1. The maximum atomic E-state index is 12.1. The number of halogens is 1. The van der Waals surface area contributed by atoms with Crippen LogP contribution in [0.25, 0.3) is 0 Å². The Hall–Kier alpha value is -0.460. The highest BCUT2D eigenvalue weighted by molar-refractivity contribution is 9.10. The number of rotatable bonds is 6. The van der Waals surface area contributed by atoms with Gasteiger partial charge in [0.1, 0.15) is 4.90 Å². The Morgan fingerprint density at radius 1 is 1.35 bits per heavy atom. The van der Waals surface area contributed by atoms with Crippen LogP contribution in [0.15, 0.2) is 27.8 Å². The van der Waals surface area contributed by atoms with E-state index in [0.29, 0.717) is 11.0 Å². The van der Waals surface area contributed by atoms with Crippen molar-refractivity contribution in [1.82, 2.24) is 9.29 Å². The number of unbranched alkanes of at least 4 members (excludes halogenated alkanes) is 2. The molecule has 4 nitrogen and oxygen atoms in total. The number of hydrogen-bond donors (Lipinski definition) is 0. The van der Waals surface area contributed by atoms with Crippen LogP contribution in [0.3, 0.4) is 0 Å². The summed E-state index contributed by atoms with van der Waals surface area (Å²) < 4.78 is 26.3. The highest BCUT2D eigenvalue weighted by Crippen LogP contribution is 2.18. The van der Waals surface area contributed by atoms with E-state index in [0.717, 1.165) is 19.3 Å². The van der Waals surface area contributed by atoms with Crippen LogP contribution >= 0.6 is 15.9 Å². The van der Waals surface area contributed by atoms with Crippen molar-refractivity contribution in [2.45, 2.75) is 31.1 Å². The molecular formula is C11H17BrN2O2S. The number of sulfonamides is 1. The molecule has 0 N–H and O–H groups in total. The van der Waals surface area contributed by atoms with Gasteiger partial charge in [-0.2, -0.15) is 0 Å². The normalized spacial score (nSPS) is 12.0. The maximum absolute atomic E-state index is 12.1. The fraction of sp³-hybridized carbons (Fsp3) is 0.545. The minimum Gasteiger partial charge on any atom is -0.262 e. The molecule has 0 saturated carbocycles. The van der Waals surface area contributed by atoms with Gasteiger partial charge in [-0.25, -0.2) is 12.7 Å². The number of aromatic nitrogens is 1. The molecule has 0 atom stereocenters. The summed E-state index contributed by atoms with van der Waals surface area (Å²) in [6.07, 6.45) is 5.93. The molecule has 0 unspecified atom stereocenters. The molecule has 1 aromatic heterocycles. The predicted molar refractivity (Wildman–Crippen MR) is 71.3 cm³/mol. The van der Waals surface area contributed by atoms with Gasteiger partial charge >= 0.3 is 0 Å². The molecule has 6 heteroatoms. The first kappa shape index (κ1) is 14.6. The molecule has 1 heterocycles. The van der Waals surface area contributed by atoms with E-state index < -0.39 is 10.0 Å². The highest BCUT2D eigenvalue weighted by Gasteiger charge is 2.20. The Morgan fingerprint density at radius 2 is 2.06 bits per heavy atom. The molecule has 0 aliphatic rings. The maximum Gasteiger partial charge on any atom is 0.244 e. The number of hydrogen-bond acceptors (Lipinski definition) is 3. The minimum absolute atomic E-state index is 0.228.